The van der Waals surface area contributed by atoms with E-state index in [1.54, 1.807) is 18.2 Å². The van der Waals surface area contributed by atoms with Gasteiger partial charge in [0.25, 0.3) is 0 Å². The molecule has 0 heterocycles. The van der Waals surface area contributed by atoms with Gasteiger partial charge in [-0.2, -0.15) is 0 Å². The van der Waals surface area contributed by atoms with E-state index in [0.29, 0.717) is 21.5 Å². The largest absolute Gasteiger partial charge is 0.310 e. The number of rotatable bonds is 5. The summed E-state index contributed by atoms with van der Waals surface area (Å²) in [5.74, 6) is -0.299. The summed E-state index contributed by atoms with van der Waals surface area (Å²) in [6, 6.07) is 9.69. The van der Waals surface area contributed by atoms with Gasteiger partial charge in [-0.15, -0.1) is 0 Å². The Hall–Kier alpha value is -0.800. The zero-order valence-electron chi connectivity index (χ0n) is 11.5. The van der Waals surface area contributed by atoms with Crippen molar-refractivity contribution in [2.75, 3.05) is 6.54 Å². The summed E-state index contributed by atoms with van der Waals surface area (Å²) in [6.07, 6.45) is 0.547. The van der Waals surface area contributed by atoms with Crippen molar-refractivity contribution in [2.24, 2.45) is 0 Å². The van der Waals surface area contributed by atoms with E-state index in [4.69, 9.17) is 34.8 Å². The Morgan fingerprint density at radius 3 is 2.48 bits per heavy atom. The zero-order valence-corrected chi connectivity index (χ0v) is 13.7. The van der Waals surface area contributed by atoms with E-state index in [1.165, 1.54) is 12.1 Å². The number of hydrogen-bond acceptors (Lipinski definition) is 1. The van der Waals surface area contributed by atoms with Crippen molar-refractivity contribution < 1.29 is 4.39 Å². The average molecular weight is 347 g/mol. The first-order valence-electron chi connectivity index (χ1n) is 6.63. The van der Waals surface area contributed by atoms with Gasteiger partial charge in [-0.25, -0.2) is 4.39 Å². The highest BCUT2D eigenvalue weighted by Crippen LogP contribution is 2.30. The lowest BCUT2D eigenvalue weighted by molar-refractivity contribution is 0.547. The van der Waals surface area contributed by atoms with Crippen molar-refractivity contribution in [3.8, 4) is 0 Å². The predicted molar refractivity (Wildman–Crippen MR) is 88.0 cm³/mol. The molecular weight excluding hydrogens is 332 g/mol. The van der Waals surface area contributed by atoms with Gasteiger partial charge in [0.1, 0.15) is 5.82 Å². The Morgan fingerprint density at radius 2 is 1.81 bits per heavy atom. The monoisotopic (exact) mass is 345 g/mol. The van der Waals surface area contributed by atoms with Crippen molar-refractivity contribution in [3.05, 3.63) is 68.4 Å². The molecule has 21 heavy (non-hydrogen) atoms. The molecule has 0 fully saturated rings. The van der Waals surface area contributed by atoms with Gasteiger partial charge in [0.15, 0.2) is 0 Å². The average Bonchev–Trinajstić information content (AvgIpc) is 2.42. The third-order valence-electron chi connectivity index (χ3n) is 3.22. The molecule has 2 rings (SSSR count). The Kier molecular flexibility index (Phi) is 5.88. The molecule has 0 radical (unpaired) electrons. The van der Waals surface area contributed by atoms with Crippen LogP contribution in [0.4, 0.5) is 4.39 Å². The van der Waals surface area contributed by atoms with Gasteiger partial charge in [-0.3, -0.25) is 0 Å². The van der Waals surface area contributed by atoms with E-state index in [2.05, 4.69) is 5.32 Å². The van der Waals surface area contributed by atoms with Crippen LogP contribution in [0.1, 0.15) is 24.1 Å². The fourth-order valence-electron chi connectivity index (χ4n) is 2.24. The number of hydrogen-bond donors (Lipinski definition) is 1. The van der Waals surface area contributed by atoms with Gasteiger partial charge >= 0.3 is 0 Å². The molecule has 0 aromatic heterocycles. The molecule has 1 unspecified atom stereocenters. The van der Waals surface area contributed by atoms with E-state index in [0.717, 1.165) is 17.7 Å². The van der Waals surface area contributed by atoms with Crippen LogP contribution in [0.5, 0.6) is 0 Å². The highest BCUT2D eigenvalue weighted by atomic mass is 35.5. The maximum atomic E-state index is 13.4. The highest BCUT2D eigenvalue weighted by molar-refractivity contribution is 6.35. The second kappa shape index (κ2) is 7.46. The molecule has 2 aromatic rings. The molecule has 0 aliphatic heterocycles. The van der Waals surface area contributed by atoms with Gasteiger partial charge in [-0.1, -0.05) is 47.8 Å². The summed E-state index contributed by atoms with van der Waals surface area (Å²) >= 11 is 18.3. The fourth-order valence-corrected chi connectivity index (χ4v) is 2.98. The SMILES string of the molecule is CCNC(Cc1cc(F)ccc1Cl)c1ccc(Cl)cc1Cl. The molecule has 0 aliphatic carbocycles. The summed E-state index contributed by atoms with van der Waals surface area (Å²) < 4.78 is 13.4. The third-order valence-corrected chi connectivity index (χ3v) is 4.15. The molecule has 1 N–H and O–H groups in total. The number of nitrogens with one attached hydrogen (secondary N) is 1. The number of likely N-dealkylation sites (N-methyl/N-ethyl adjacent to an activating group) is 1. The van der Waals surface area contributed by atoms with Crippen LogP contribution >= 0.6 is 34.8 Å². The van der Waals surface area contributed by atoms with Crippen LogP contribution in [-0.4, -0.2) is 6.54 Å². The first-order chi connectivity index (χ1) is 10.0. The first-order valence-corrected chi connectivity index (χ1v) is 7.77. The molecule has 1 atom stereocenters. The Labute approximate surface area is 139 Å². The minimum absolute atomic E-state index is 0.0564. The zero-order chi connectivity index (χ0) is 15.4. The Morgan fingerprint density at radius 1 is 1.05 bits per heavy atom. The predicted octanol–water partition coefficient (Wildman–Crippen LogP) is 5.68. The molecule has 0 bridgehead atoms. The summed E-state index contributed by atoms with van der Waals surface area (Å²) in [5.41, 5.74) is 1.66. The van der Waals surface area contributed by atoms with Crippen molar-refractivity contribution in [1.29, 1.82) is 0 Å². The first kappa shape index (κ1) is 16.6. The van der Waals surface area contributed by atoms with E-state index >= 15 is 0 Å². The van der Waals surface area contributed by atoms with Crippen LogP contribution in [0.2, 0.25) is 15.1 Å². The minimum Gasteiger partial charge on any atom is -0.310 e. The lowest BCUT2D eigenvalue weighted by Crippen LogP contribution is -2.23. The van der Waals surface area contributed by atoms with Crippen molar-refractivity contribution >= 4 is 34.8 Å². The Bertz CT molecular complexity index is 631. The van der Waals surface area contributed by atoms with Crippen LogP contribution in [0, 0.1) is 5.82 Å². The van der Waals surface area contributed by atoms with E-state index < -0.39 is 0 Å². The molecule has 0 saturated carbocycles. The van der Waals surface area contributed by atoms with Gasteiger partial charge < -0.3 is 5.32 Å². The lowest BCUT2D eigenvalue weighted by Gasteiger charge is -2.20. The van der Waals surface area contributed by atoms with Crippen LogP contribution in [0.25, 0.3) is 0 Å². The molecule has 112 valence electrons. The molecule has 0 aliphatic rings. The number of benzene rings is 2. The van der Waals surface area contributed by atoms with Crippen molar-refractivity contribution in [3.63, 3.8) is 0 Å². The molecule has 0 saturated heterocycles. The van der Waals surface area contributed by atoms with E-state index in [1.807, 2.05) is 13.0 Å². The molecule has 2 aromatic carbocycles. The maximum Gasteiger partial charge on any atom is 0.123 e. The van der Waals surface area contributed by atoms with E-state index in [9.17, 15) is 4.39 Å². The van der Waals surface area contributed by atoms with Crippen molar-refractivity contribution in [2.45, 2.75) is 19.4 Å². The lowest BCUT2D eigenvalue weighted by atomic mass is 9.98. The van der Waals surface area contributed by atoms with Crippen LogP contribution in [-0.2, 0) is 6.42 Å². The second-order valence-electron chi connectivity index (χ2n) is 4.72. The highest BCUT2D eigenvalue weighted by Gasteiger charge is 2.16. The van der Waals surface area contributed by atoms with Gasteiger partial charge in [-0.05, 0) is 54.4 Å². The van der Waals surface area contributed by atoms with Gasteiger partial charge in [0, 0.05) is 21.1 Å². The molecule has 0 amide bonds. The van der Waals surface area contributed by atoms with Crippen LogP contribution in [0.15, 0.2) is 36.4 Å². The van der Waals surface area contributed by atoms with Crippen molar-refractivity contribution in [1.82, 2.24) is 5.32 Å². The second-order valence-corrected chi connectivity index (χ2v) is 5.97. The summed E-state index contributed by atoms with van der Waals surface area (Å²) in [4.78, 5) is 0. The van der Waals surface area contributed by atoms with Crippen LogP contribution in [0.3, 0.4) is 0 Å². The van der Waals surface area contributed by atoms with Crippen LogP contribution < -0.4 is 5.32 Å². The quantitative estimate of drug-likeness (QED) is 0.734. The standard InChI is InChI=1S/C16H15Cl3FN/c1-2-21-16(13-5-3-11(17)9-15(13)19)8-10-7-12(20)4-6-14(10)18/h3-7,9,16,21H,2,8H2,1H3. The maximum absolute atomic E-state index is 13.4. The summed E-state index contributed by atoms with van der Waals surface area (Å²) in [6.45, 7) is 2.76. The van der Waals surface area contributed by atoms with Gasteiger partial charge in [0.2, 0.25) is 0 Å². The van der Waals surface area contributed by atoms with E-state index in [-0.39, 0.29) is 11.9 Å². The summed E-state index contributed by atoms with van der Waals surface area (Å²) in [5, 5.41) is 5.06. The summed E-state index contributed by atoms with van der Waals surface area (Å²) in [7, 11) is 0. The fraction of sp³-hybridized carbons (Fsp3) is 0.250. The Balaban J connectivity index is 2.32. The van der Waals surface area contributed by atoms with Gasteiger partial charge in [0.05, 0.1) is 0 Å². The smallest absolute Gasteiger partial charge is 0.123 e. The molecular formula is C16H15Cl3FN. The molecule has 1 nitrogen and oxygen atoms in total. The third kappa shape index (κ3) is 4.33. The molecule has 5 heteroatoms. The molecule has 0 spiro atoms. The minimum atomic E-state index is -0.299. The topological polar surface area (TPSA) is 12.0 Å². The normalized spacial score (nSPS) is 12.4. The number of halogens is 4.